The molecule has 0 spiro atoms. The number of sulfone groups is 1. The molecule has 1 aromatic carbocycles. The van der Waals surface area contributed by atoms with Gasteiger partial charge >= 0.3 is 5.69 Å². The Morgan fingerprint density at radius 3 is 2.42 bits per heavy atom. The van der Waals surface area contributed by atoms with Gasteiger partial charge in [-0.05, 0) is 31.0 Å². The summed E-state index contributed by atoms with van der Waals surface area (Å²) in [4.78, 5) is 41.6. The fraction of sp³-hybridized carbons (Fsp3) is 0.429. The van der Waals surface area contributed by atoms with Crippen molar-refractivity contribution in [1.29, 1.82) is 0 Å². The van der Waals surface area contributed by atoms with Crippen LogP contribution in [0.25, 0.3) is 11.2 Å². The van der Waals surface area contributed by atoms with E-state index in [2.05, 4.69) is 10.3 Å². The highest BCUT2D eigenvalue weighted by Crippen LogP contribution is 2.30. The van der Waals surface area contributed by atoms with Gasteiger partial charge in [0.1, 0.15) is 12.3 Å². The summed E-state index contributed by atoms with van der Waals surface area (Å²) in [7, 11) is 0.659. The molecule has 33 heavy (non-hydrogen) atoms. The van der Waals surface area contributed by atoms with E-state index in [1.807, 2.05) is 13.8 Å². The van der Waals surface area contributed by atoms with Gasteiger partial charge in [0.05, 0.1) is 29.3 Å². The van der Waals surface area contributed by atoms with E-state index in [-0.39, 0.29) is 28.3 Å². The largest absolute Gasteiger partial charge is 0.495 e. The Hall–Kier alpha value is -3.41. The van der Waals surface area contributed by atoms with E-state index in [1.165, 1.54) is 54.9 Å². The fourth-order valence-corrected chi connectivity index (χ4v) is 5.55. The van der Waals surface area contributed by atoms with E-state index in [0.29, 0.717) is 18.6 Å². The normalized spacial score (nSPS) is 11.8. The molecule has 2 heterocycles. The molecule has 12 heteroatoms. The van der Waals surface area contributed by atoms with Crippen molar-refractivity contribution in [2.45, 2.75) is 43.4 Å². The molecule has 0 aliphatic carbocycles. The highest BCUT2D eigenvalue weighted by Gasteiger charge is 2.26. The molecule has 11 nitrogen and oxygen atoms in total. The molecule has 3 rings (SSSR count). The predicted molar refractivity (Wildman–Crippen MR) is 123 cm³/mol. The van der Waals surface area contributed by atoms with Crippen LogP contribution in [0.4, 0.5) is 5.69 Å². The summed E-state index contributed by atoms with van der Waals surface area (Å²) >= 11 is 0. The first-order valence-electron chi connectivity index (χ1n) is 10.4. The molecule has 0 fully saturated rings. The predicted octanol–water partition coefficient (Wildman–Crippen LogP) is 1.04. The zero-order valence-electron chi connectivity index (χ0n) is 19.2. The number of rotatable bonds is 8. The molecule has 1 N–H and O–H groups in total. The summed E-state index contributed by atoms with van der Waals surface area (Å²) in [5.74, 6) is -0.235. The first kappa shape index (κ1) is 24.2. The Balaban J connectivity index is 1.96. The summed E-state index contributed by atoms with van der Waals surface area (Å²) in [6.45, 7) is 3.34. The van der Waals surface area contributed by atoms with Crippen LogP contribution in [0.2, 0.25) is 0 Å². The Kier molecular flexibility index (Phi) is 6.77. The molecule has 2 aromatic heterocycles. The fourth-order valence-electron chi connectivity index (χ4n) is 3.74. The van der Waals surface area contributed by atoms with E-state index in [1.54, 1.807) is 0 Å². The van der Waals surface area contributed by atoms with Gasteiger partial charge in [-0.2, -0.15) is 0 Å². The molecule has 0 unspecified atom stereocenters. The van der Waals surface area contributed by atoms with Gasteiger partial charge in [-0.3, -0.25) is 18.7 Å². The van der Waals surface area contributed by atoms with Crippen molar-refractivity contribution < 1.29 is 17.9 Å². The molecule has 0 atom stereocenters. The van der Waals surface area contributed by atoms with Gasteiger partial charge in [0, 0.05) is 14.1 Å². The Labute approximate surface area is 190 Å². The summed E-state index contributed by atoms with van der Waals surface area (Å²) in [5, 5.41) is 2.12. The number of fused-ring (bicyclic) bond motifs is 1. The van der Waals surface area contributed by atoms with E-state index in [0.717, 1.165) is 4.57 Å². The molecule has 0 radical (unpaired) electrons. The van der Waals surface area contributed by atoms with Crippen LogP contribution in [0.3, 0.4) is 0 Å². The third-order valence-electron chi connectivity index (χ3n) is 5.65. The number of amides is 1. The van der Waals surface area contributed by atoms with Crippen LogP contribution >= 0.6 is 0 Å². The molecule has 1 amide bonds. The highest BCUT2D eigenvalue weighted by molar-refractivity contribution is 7.92. The number of aromatic nitrogens is 4. The minimum Gasteiger partial charge on any atom is -0.495 e. The third-order valence-corrected chi connectivity index (χ3v) is 8.11. The van der Waals surface area contributed by atoms with Crippen LogP contribution in [-0.2, 0) is 35.3 Å². The van der Waals surface area contributed by atoms with Crippen molar-refractivity contribution in [2.24, 2.45) is 14.1 Å². The zero-order valence-corrected chi connectivity index (χ0v) is 20.0. The van der Waals surface area contributed by atoms with Crippen molar-refractivity contribution in [3.05, 3.63) is 45.4 Å². The molecule has 178 valence electrons. The van der Waals surface area contributed by atoms with Gasteiger partial charge in [0.2, 0.25) is 5.91 Å². The second-order valence-electron chi connectivity index (χ2n) is 7.64. The zero-order chi connectivity index (χ0) is 24.5. The number of hydrogen-bond acceptors (Lipinski definition) is 7. The van der Waals surface area contributed by atoms with Crippen molar-refractivity contribution in [1.82, 2.24) is 18.7 Å². The van der Waals surface area contributed by atoms with E-state index in [4.69, 9.17) is 4.74 Å². The molecule has 0 aliphatic heterocycles. The van der Waals surface area contributed by atoms with Crippen LogP contribution in [0, 0.1) is 0 Å². The summed E-state index contributed by atoms with van der Waals surface area (Å²) < 4.78 is 34.6. The Morgan fingerprint density at radius 1 is 1.15 bits per heavy atom. The second-order valence-corrected chi connectivity index (χ2v) is 9.87. The van der Waals surface area contributed by atoms with Crippen molar-refractivity contribution in [2.75, 3.05) is 12.4 Å². The van der Waals surface area contributed by atoms with E-state index >= 15 is 0 Å². The van der Waals surface area contributed by atoms with Gasteiger partial charge in [-0.15, -0.1) is 0 Å². The van der Waals surface area contributed by atoms with Gasteiger partial charge < -0.3 is 14.6 Å². The highest BCUT2D eigenvalue weighted by atomic mass is 32.2. The summed E-state index contributed by atoms with van der Waals surface area (Å²) in [6.07, 6.45) is 2.24. The van der Waals surface area contributed by atoms with Crippen LogP contribution in [0.5, 0.6) is 5.75 Å². The van der Waals surface area contributed by atoms with Gasteiger partial charge in [0.15, 0.2) is 21.0 Å². The summed E-state index contributed by atoms with van der Waals surface area (Å²) in [5.41, 5.74) is -0.644. The Morgan fingerprint density at radius 2 is 1.82 bits per heavy atom. The number of methoxy groups -OCH3 is 1. The quantitative estimate of drug-likeness (QED) is 0.512. The van der Waals surface area contributed by atoms with Crippen LogP contribution in [0.1, 0.15) is 26.7 Å². The van der Waals surface area contributed by atoms with Crippen molar-refractivity contribution >= 4 is 32.6 Å². The van der Waals surface area contributed by atoms with Crippen LogP contribution in [-0.4, -0.2) is 45.4 Å². The molecular formula is C21H27N5O6S. The maximum atomic E-state index is 12.9. The molecule has 0 saturated carbocycles. The maximum Gasteiger partial charge on any atom is 0.332 e. The van der Waals surface area contributed by atoms with Gasteiger partial charge in [-0.1, -0.05) is 13.8 Å². The number of ether oxygens (including phenoxy) is 1. The number of imidazole rings is 1. The number of hydrogen-bond donors (Lipinski definition) is 1. The lowest BCUT2D eigenvalue weighted by Crippen LogP contribution is -2.37. The first-order valence-corrected chi connectivity index (χ1v) is 11.9. The molecular weight excluding hydrogens is 450 g/mol. The lowest BCUT2D eigenvalue weighted by molar-refractivity contribution is -0.116. The number of nitrogens with one attached hydrogen (secondary N) is 1. The van der Waals surface area contributed by atoms with E-state index < -0.39 is 32.2 Å². The smallest absolute Gasteiger partial charge is 0.332 e. The minimum absolute atomic E-state index is 0.0873. The number of aryl methyl sites for hydroxylation is 1. The number of carbonyl (C=O) groups is 1. The van der Waals surface area contributed by atoms with Crippen molar-refractivity contribution in [3.8, 4) is 5.75 Å². The lowest BCUT2D eigenvalue weighted by atomic mass is 10.3. The Bertz CT molecular complexity index is 1430. The standard InChI is InChI=1S/C21H27N5O6S/c1-6-13(7-2)33(30,31)14-8-9-16(32-5)15(10-14)23-17(27)11-26-12-22-19-18(26)20(28)25(4)21(29)24(19)3/h8-10,12-13H,6-7,11H2,1-5H3,(H,23,27). The number of benzene rings is 1. The average Bonchev–Trinajstić information content (AvgIpc) is 3.20. The topological polar surface area (TPSA) is 134 Å². The number of anilines is 1. The minimum atomic E-state index is -3.58. The SMILES string of the molecule is CCC(CC)S(=O)(=O)c1ccc(OC)c(NC(=O)Cn2cnc3c2c(=O)n(C)c(=O)n3C)c1. The van der Waals surface area contributed by atoms with Crippen molar-refractivity contribution in [3.63, 3.8) is 0 Å². The first-order chi connectivity index (χ1) is 15.6. The molecule has 0 aliphatic rings. The average molecular weight is 478 g/mol. The third kappa shape index (κ3) is 4.30. The van der Waals surface area contributed by atoms with Gasteiger partial charge in [-0.25, -0.2) is 18.2 Å². The monoisotopic (exact) mass is 477 g/mol. The maximum absolute atomic E-state index is 12.9. The van der Waals surface area contributed by atoms with Gasteiger partial charge in [0.25, 0.3) is 5.56 Å². The number of carbonyl (C=O) groups excluding carboxylic acids is 1. The number of nitrogens with zero attached hydrogens (tertiary/aromatic N) is 4. The molecule has 0 saturated heterocycles. The second kappa shape index (κ2) is 9.22. The van der Waals surface area contributed by atoms with Crippen LogP contribution < -0.4 is 21.3 Å². The van der Waals surface area contributed by atoms with E-state index in [9.17, 15) is 22.8 Å². The lowest BCUT2D eigenvalue weighted by Gasteiger charge is -2.16. The van der Waals surface area contributed by atoms with Crippen LogP contribution in [0.15, 0.2) is 39.0 Å². The molecule has 3 aromatic rings. The summed E-state index contributed by atoms with van der Waals surface area (Å²) in [6, 6.07) is 4.32. The molecule has 0 bridgehead atoms.